The van der Waals surface area contributed by atoms with Crippen LogP contribution < -0.4 is 15.0 Å². The van der Waals surface area contributed by atoms with E-state index < -0.39 is 0 Å². The molecular weight excluding hydrogens is 520 g/mol. The van der Waals surface area contributed by atoms with Crippen molar-refractivity contribution in [2.45, 2.75) is 33.4 Å². The first-order valence-corrected chi connectivity index (χ1v) is 13.8. The first-order valence-electron chi connectivity index (χ1n) is 13.8. The summed E-state index contributed by atoms with van der Waals surface area (Å²) < 4.78 is 13.3. The number of hydrogen-bond acceptors (Lipinski definition) is 7. The lowest BCUT2D eigenvalue weighted by molar-refractivity contribution is -0.135. The number of carbonyl (C=O) groups is 2. The molecule has 1 aliphatic rings. The average molecular weight is 555 g/mol. The summed E-state index contributed by atoms with van der Waals surface area (Å²) >= 11 is 0. The van der Waals surface area contributed by atoms with Crippen LogP contribution in [-0.2, 0) is 11.3 Å². The molecule has 0 bridgehead atoms. The number of para-hydroxylation sites is 1. The van der Waals surface area contributed by atoms with Crippen molar-refractivity contribution in [1.82, 2.24) is 19.4 Å². The van der Waals surface area contributed by atoms with Gasteiger partial charge in [-0.05, 0) is 63.2 Å². The van der Waals surface area contributed by atoms with Crippen molar-refractivity contribution in [1.29, 1.82) is 0 Å². The van der Waals surface area contributed by atoms with E-state index in [2.05, 4.69) is 4.90 Å². The molecule has 1 fully saturated rings. The van der Waals surface area contributed by atoms with Crippen LogP contribution in [0.15, 0.2) is 71.5 Å². The summed E-state index contributed by atoms with van der Waals surface area (Å²) in [5, 5.41) is 0.479. The van der Waals surface area contributed by atoms with Crippen molar-refractivity contribution >= 4 is 23.1 Å². The number of hydrogen-bond donors (Lipinski definition) is 0. The Hall–Kier alpha value is -4.50. The van der Waals surface area contributed by atoms with Gasteiger partial charge >= 0.3 is 0 Å². The largest absolute Gasteiger partial charge is 0.489 e. The minimum atomic E-state index is -0.232. The number of rotatable bonds is 9. The first kappa shape index (κ1) is 28.0. The van der Waals surface area contributed by atoms with Gasteiger partial charge in [0.1, 0.15) is 23.6 Å². The van der Waals surface area contributed by atoms with E-state index in [1.54, 1.807) is 33.7 Å². The number of aromatic nitrogens is 2. The van der Waals surface area contributed by atoms with Crippen molar-refractivity contribution < 1.29 is 19.1 Å². The van der Waals surface area contributed by atoms with Crippen LogP contribution in [0.3, 0.4) is 0 Å². The third-order valence-electron chi connectivity index (χ3n) is 7.04. The van der Waals surface area contributed by atoms with Gasteiger partial charge in [0, 0.05) is 31.7 Å². The van der Waals surface area contributed by atoms with Gasteiger partial charge in [-0.2, -0.15) is 0 Å². The lowest BCUT2D eigenvalue weighted by Crippen LogP contribution is -2.50. The molecule has 0 radical (unpaired) electrons. The number of nitrogens with zero attached hydrogens (tertiary/aromatic N) is 4. The zero-order valence-electron chi connectivity index (χ0n) is 23.6. The molecule has 41 heavy (non-hydrogen) atoms. The summed E-state index contributed by atoms with van der Waals surface area (Å²) in [7, 11) is 0. The second-order valence-electron chi connectivity index (χ2n) is 10.5. The molecule has 1 saturated heterocycles. The maximum absolute atomic E-state index is 13.9. The Morgan fingerprint density at radius 3 is 2.44 bits per heavy atom. The summed E-state index contributed by atoms with van der Waals surface area (Å²) in [5.41, 5.74) is 2.41. The van der Waals surface area contributed by atoms with Crippen molar-refractivity contribution in [2.75, 3.05) is 32.8 Å². The highest BCUT2D eigenvalue weighted by Crippen LogP contribution is 2.26. The Balaban J connectivity index is 1.38. The number of amides is 1. The maximum Gasteiger partial charge on any atom is 0.266 e. The molecule has 4 aromatic rings. The van der Waals surface area contributed by atoms with E-state index in [-0.39, 0.29) is 24.2 Å². The number of ether oxygens (including phenoxy) is 2. The molecule has 1 amide bonds. The maximum atomic E-state index is 13.9. The highest BCUT2D eigenvalue weighted by Gasteiger charge is 2.24. The Bertz CT molecular complexity index is 1610. The predicted octanol–water partition coefficient (Wildman–Crippen LogP) is 4.02. The van der Waals surface area contributed by atoms with Gasteiger partial charge in [-0.15, -0.1) is 0 Å². The van der Waals surface area contributed by atoms with E-state index in [0.717, 1.165) is 11.8 Å². The number of fused-ring (bicyclic) bond motifs is 1. The number of piperazine rings is 1. The fourth-order valence-corrected chi connectivity index (χ4v) is 4.90. The van der Waals surface area contributed by atoms with E-state index in [0.29, 0.717) is 72.2 Å². The first-order chi connectivity index (χ1) is 19.8. The average Bonchev–Trinajstić information content (AvgIpc) is 2.97. The Morgan fingerprint density at radius 1 is 1.00 bits per heavy atom. The standard InChI is InChI=1S/C32H34N4O5/c1-22(2)41-29-13-10-24(20-37)18-28(29)36-30(33-27-7-5-4-6-26(27)32(36)39)19-34-14-16-35(17-15-34)31(38)21-40-25-11-8-23(3)9-12-25/h4-13,18,20,22H,14-17,19,21H2,1-3H3. The van der Waals surface area contributed by atoms with Gasteiger partial charge in [-0.1, -0.05) is 29.8 Å². The summed E-state index contributed by atoms with van der Waals surface area (Å²) in [6, 6.07) is 19.9. The summed E-state index contributed by atoms with van der Waals surface area (Å²) in [5.74, 6) is 1.64. The van der Waals surface area contributed by atoms with Crippen LogP contribution in [0.25, 0.3) is 16.6 Å². The molecule has 0 spiro atoms. The normalized spacial score (nSPS) is 13.9. The van der Waals surface area contributed by atoms with Crippen LogP contribution in [0.1, 0.15) is 35.6 Å². The van der Waals surface area contributed by atoms with Gasteiger partial charge in [-0.25, -0.2) is 4.98 Å². The van der Waals surface area contributed by atoms with Crippen LogP contribution in [0.4, 0.5) is 0 Å². The van der Waals surface area contributed by atoms with Crippen LogP contribution in [0.2, 0.25) is 0 Å². The van der Waals surface area contributed by atoms with E-state index in [1.807, 2.05) is 63.2 Å². The molecule has 212 valence electrons. The molecule has 9 nitrogen and oxygen atoms in total. The molecule has 9 heteroatoms. The van der Waals surface area contributed by atoms with Crippen molar-refractivity contribution in [2.24, 2.45) is 0 Å². The third kappa shape index (κ3) is 6.47. The van der Waals surface area contributed by atoms with Crippen molar-refractivity contribution in [3.8, 4) is 17.2 Å². The van der Waals surface area contributed by atoms with E-state index in [4.69, 9.17) is 14.5 Å². The second kappa shape index (κ2) is 12.3. The quantitative estimate of drug-likeness (QED) is 0.289. The summed E-state index contributed by atoms with van der Waals surface area (Å²) in [4.78, 5) is 47.2. The highest BCUT2D eigenvalue weighted by molar-refractivity contribution is 5.80. The Labute approximate surface area is 238 Å². The smallest absolute Gasteiger partial charge is 0.266 e. The lowest BCUT2D eigenvalue weighted by atomic mass is 10.1. The van der Waals surface area contributed by atoms with Crippen LogP contribution in [0, 0.1) is 6.92 Å². The van der Waals surface area contributed by atoms with Gasteiger partial charge in [0.05, 0.1) is 29.2 Å². The minimum Gasteiger partial charge on any atom is -0.489 e. The molecule has 5 rings (SSSR count). The van der Waals surface area contributed by atoms with Gasteiger partial charge in [0.25, 0.3) is 11.5 Å². The van der Waals surface area contributed by atoms with Crippen molar-refractivity contribution in [3.05, 3.63) is 94.0 Å². The minimum absolute atomic E-state index is 0.0134. The third-order valence-corrected chi connectivity index (χ3v) is 7.04. The van der Waals surface area contributed by atoms with Crippen LogP contribution in [-0.4, -0.2) is 70.4 Å². The monoisotopic (exact) mass is 554 g/mol. The molecule has 0 saturated carbocycles. The molecule has 1 aliphatic heterocycles. The van der Waals surface area contributed by atoms with Crippen LogP contribution >= 0.6 is 0 Å². The van der Waals surface area contributed by atoms with E-state index >= 15 is 0 Å². The zero-order valence-corrected chi connectivity index (χ0v) is 23.6. The molecule has 1 aromatic heterocycles. The zero-order chi connectivity index (χ0) is 28.9. The van der Waals surface area contributed by atoms with Crippen LogP contribution in [0.5, 0.6) is 11.5 Å². The molecule has 0 unspecified atom stereocenters. The van der Waals surface area contributed by atoms with Gasteiger partial charge < -0.3 is 14.4 Å². The fraction of sp³-hybridized carbons (Fsp3) is 0.312. The summed E-state index contributed by atoms with van der Waals surface area (Å²) in [6.07, 6.45) is 0.615. The topological polar surface area (TPSA) is 94.0 Å². The number of aryl methyl sites for hydroxylation is 1. The van der Waals surface area contributed by atoms with E-state index in [1.165, 1.54) is 0 Å². The summed E-state index contributed by atoms with van der Waals surface area (Å²) in [6.45, 7) is 8.49. The Morgan fingerprint density at radius 2 is 1.73 bits per heavy atom. The number of aldehydes is 1. The van der Waals surface area contributed by atoms with Crippen molar-refractivity contribution in [3.63, 3.8) is 0 Å². The SMILES string of the molecule is Cc1ccc(OCC(=O)N2CCN(Cc3nc4ccccc4c(=O)n3-c3cc(C=O)ccc3OC(C)C)CC2)cc1. The highest BCUT2D eigenvalue weighted by atomic mass is 16.5. The lowest BCUT2D eigenvalue weighted by Gasteiger charge is -2.34. The molecular formula is C32H34N4O5. The number of benzene rings is 3. The molecule has 0 atom stereocenters. The van der Waals surface area contributed by atoms with Gasteiger partial charge in [0.15, 0.2) is 6.61 Å². The van der Waals surface area contributed by atoms with Gasteiger partial charge in [-0.3, -0.25) is 23.9 Å². The second-order valence-corrected chi connectivity index (χ2v) is 10.5. The number of carbonyl (C=O) groups excluding carboxylic acids is 2. The predicted molar refractivity (Wildman–Crippen MR) is 157 cm³/mol. The molecule has 2 heterocycles. The molecule has 0 N–H and O–H groups in total. The Kier molecular flexibility index (Phi) is 8.45. The molecule has 3 aromatic carbocycles. The van der Waals surface area contributed by atoms with E-state index in [9.17, 15) is 14.4 Å². The fourth-order valence-electron chi connectivity index (χ4n) is 4.90. The van der Waals surface area contributed by atoms with Gasteiger partial charge in [0.2, 0.25) is 0 Å². The molecule has 0 aliphatic carbocycles.